The normalized spacial score (nSPS) is 15.0. The second-order valence-electron chi connectivity index (χ2n) is 5.89. The van der Waals surface area contributed by atoms with Gasteiger partial charge in [0.15, 0.2) is 0 Å². The Hall–Kier alpha value is -2.60. The molecule has 0 aliphatic carbocycles. The molecular weight excluding hydrogens is 306 g/mol. The molecule has 0 saturated carbocycles. The van der Waals surface area contributed by atoms with Crippen molar-refractivity contribution in [3.8, 4) is 0 Å². The van der Waals surface area contributed by atoms with E-state index in [9.17, 15) is 9.59 Å². The molecular formula is C18H21N3O3. The number of carbonyl (C=O) groups excluding carboxylic acids is 2. The average Bonchev–Trinajstić information content (AvgIpc) is 3.02. The third kappa shape index (κ3) is 3.83. The summed E-state index contributed by atoms with van der Waals surface area (Å²) in [6, 6.07) is 10.3. The molecule has 0 spiro atoms. The first-order chi connectivity index (χ1) is 11.6. The predicted octanol–water partition coefficient (Wildman–Crippen LogP) is 2.19. The van der Waals surface area contributed by atoms with Crippen molar-refractivity contribution < 1.29 is 14.3 Å². The Bertz CT molecular complexity index is 715. The molecule has 1 aromatic heterocycles. The van der Waals surface area contributed by atoms with Crippen molar-refractivity contribution in [1.29, 1.82) is 0 Å². The summed E-state index contributed by atoms with van der Waals surface area (Å²) < 4.78 is 7.25. The first-order valence-electron chi connectivity index (χ1n) is 8.08. The van der Waals surface area contributed by atoms with Crippen molar-refractivity contribution in [1.82, 2.24) is 9.88 Å². The molecule has 1 aliphatic rings. The second-order valence-corrected chi connectivity index (χ2v) is 5.89. The van der Waals surface area contributed by atoms with Gasteiger partial charge >= 0.3 is 5.97 Å². The summed E-state index contributed by atoms with van der Waals surface area (Å²) in [6.07, 6.45) is 3.48. The molecule has 1 amide bonds. The fourth-order valence-corrected chi connectivity index (χ4v) is 2.71. The molecule has 1 aromatic carbocycles. The van der Waals surface area contributed by atoms with Gasteiger partial charge in [0.1, 0.15) is 11.8 Å². The quantitative estimate of drug-likeness (QED) is 0.845. The van der Waals surface area contributed by atoms with E-state index in [2.05, 4.69) is 10.6 Å². The molecule has 2 N–H and O–H groups in total. The van der Waals surface area contributed by atoms with Gasteiger partial charge in [-0.15, -0.1) is 0 Å². The lowest BCUT2D eigenvalue weighted by atomic mass is 10.1. The van der Waals surface area contributed by atoms with E-state index in [-0.39, 0.29) is 18.0 Å². The van der Waals surface area contributed by atoms with Crippen LogP contribution in [-0.2, 0) is 11.8 Å². The molecule has 0 bridgehead atoms. The van der Waals surface area contributed by atoms with Crippen LogP contribution in [0.1, 0.15) is 33.7 Å². The SMILES string of the molecule is Cn1cccc1C(=O)Nc1ccc(C(=O)OC2CCNCC2)cc1. The lowest BCUT2D eigenvalue weighted by Crippen LogP contribution is -2.33. The number of ether oxygens (including phenoxy) is 1. The van der Waals surface area contributed by atoms with Crippen LogP contribution in [0.4, 0.5) is 5.69 Å². The van der Waals surface area contributed by atoms with Crippen LogP contribution >= 0.6 is 0 Å². The lowest BCUT2D eigenvalue weighted by molar-refractivity contribution is 0.0229. The van der Waals surface area contributed by atoms with Gasteiger partial charge in [0.05, 0.1) is 5.56 Å². The maximum atomic E-state index is 12.1. The second kappa shape index (κ2) is 7.31. The number of aromatic nitrogens is 1. The minimum atomic E-state index is -0.317. The number of amides is 1. The Morgan fingerprint density at radius 2 is 1.88 bits per heavy atom. The number of rotatable bonds is 4. The molecule has 126 valence electrons. The lowest BCUT2D eigenvalue weighted by Gasteiger charge is -2.22. The molecule has 0 radical (unpaired) electrons. The number of aryl methyl sites for hydroxylation is 1. The minimum absolute atomic E-state index is 0.0181. The van der Waals surface area contributed by atoms with Crippen LogP contribution in [0.25, 0.3) is 0 Å². The van der Waals surface area contributed by atoms with Gasteiger partial charge in [-0.25, -0.2) is 4.79 Å². The topological polar surface area (TPSA) is 72.4 Å². The summed E-state index contributed by atoms with van der Waals surface area (Å²) >= 11 is 0. The molecule has 6 nitrogen and oxygen atoms in total. The Labute approximate surface area is 140 Å². The highest BCUT2D eigenvalue weighted by atomic mass is 16.5. The Balaban J connectivity index is 1.59. The van der Waals surface area contributed by atoms with Crippen LogP contribution in [0, 0.1) is 0 Å². The van der Waals surface area contributed by atoms with E-state index in [1.165, 1.54) is 0 Å². The smallest absolute Gasteiger partial charge is 0.338 e. The predicted molar refractivity (Wildman–Crippen MR) is 91.1 cm³/mol. The number of hydrogen-bond acceptors (Lipinski definition) is 4. The summed E-state index contributed by atoms with van der Waals surface area (Å²) in [6.45, 7) is 1.75. The van der Waals surface area contributed by atoms with E-state index in [1.54, 1.807) is 34.9 Å². The number of nitrogens with one attached hydrogen (secondary N) is 2. The average molecular weight is 327 g/mol. The maximum Gasteiger partial charge on any atom is 0.338 e. The first kappa shape index (κ1) is 16.3. The van der Waals surface area contributed by atoms with Crippen LogP contribution in [0.5, 0.6) is 0 Å². The zero-order valence-corrected chi connectivity index (χ0v) is 13.6. The summed E-state index contributed by atoms with van der Waals surface area (Å²) in [5.41, 5.74) is 1.70. The van der Waals surface area contributed by atoms with Crippen molar-refractivity contribution in [2.24, 2.45) is 7.05 Å². The van der Waals surface area contributed by atoms with Gasteiger partial charge in [0, 0.05) is 18.9 Å². The molecule has 2 aromatic rings. The van der Waals surface area contributed by atoms with Crippen LogP contribution in [0.2, 0.25) is 0 Å². The Morgan fingerprint density at radius 1 is 1.17 bits per heavy atom. The molecule has 24 heavy (non-hydrogen) atoms. The van der Waals surface area contributed by atoms with Crippen molar-refractivity contribution in [3.05, 3.63) is 53.9 Å². The first-order valence-corrected chi connectivity index (χ1v) is 8.08. The number of carbonyl (C=O) groups is 2. The van der Waals surface area contributed by atoms with Gasteiger partial charge in [-0.3, -0.25) is 4.79 Å². The number of benzene rings is 1. The van der Waals surface area contributed by atoms with Crippen molar-refractivity contribution in [2.45, 2.75) is 18.9 Å². The molecule has 1 aliphatic heterocycles. The largest absolute Gasteiger partial charge is 0.459 e. The Kier molecular flexibility index (Phi) is 4.96. The van der Waals surface area contributed by atoms with E-state index in [0.29, 0.717) is 16.9 Å². The molecule has 1 saturated heterocycles. The number of nitrogens with zero attached hydrogens (tertiary/aromatic N) is 1. The third-order valence-corrected chi connectivity index (χ3v) is 4.11. The summed E-state index contributed by atoms with van der Waals surface area (Å²) in [7, 11) is 1.81. The summed E-state index contributed by atoms with van der Waals surface area (Å²) in [5, 5.41) is 6.05. The summed E-state index contributed by atoms with van der Waals surface area (Å²) in [5.74, 6) is -0.505. The van der Waals surface area contributed by atoms with Crippen LogP contribution in [-0.4, -0.2) is 35.6 Å². The van der Waals surface area contributed by atoms with Crippen molar-refractivity contribution in [2.75, 3.05) is 18.4 Å². The van der Waals surface area contributed by atoms with Crippen molar-refractivity contribution in [3.63, 3.8) is 0 Å². The highest BCUT2D eigenvalue weighted by Gasteiger charge is 2.18. The number of hydrogen-bond donors (Lipinski definition) is 2. The minimum Gasteiger partial charge on any atom is -0.459 e. The van der Waals surface area contributed by atoms with Gasteiger partial charge in [-0.1, -0.05) is 0 Å². The van der Waals surface area contributed by atoms with E-state index < -0.39 is 0 Å². The maximum absolute atomic E-state index is 12.1. The zero-order valence-electron chi connectivity index (χ0n) is 13.6. The van der Waals surface area contributed by atoms with E-state index in [4.69, 9.17) is 4.74 Å². The third-order valence-electron chi connectivity index (χ3n) is 4.11. The number of anilines is 1. The molecule has 0 atom stereocenters. The number of esters is 1. The van der Waals surface area contributed by atoms with Gasteiger partial charge in [0.25, 0.3) is 5.91 Å². The standard InChI is InChI=1S/C18H21N3O3/c1-21-12-2-3-16(21)17(22)20-14-6-4-13(5-7-14)18(23)24-15-8-10-19-11-9-15/h2-7,12,15,19H,8-11H2,1H3,(H,20,22). The Morgan fingerprint density at radius 3 is 2.50 bits per heavy atom. The highest BCUT2D eigenvalue weighted by Crippen LogP contribution is 2.15. The molecule has 2 heterocycles. The fraction of sp³-hybridized carbons (Fsp3) is 0.333. The highest BCUT2D eigenvalue weighted by molar-refractivity contribution is 6.03. The molecule has 1 fully saturated rings. The monoisotopic (exact) mass is 327 g/mol. The molecule has 6 heteroatoms. The zero-order chi connectivity index (χ0) is 16.9. The van der Waals surface area contributed by atoms with E-state index in [1.807, 2.05) is 19.3 Å². The summed E-state index contributed by atoms with van der Waals surface area (Å²) in [4.78, 5) is 24.3. The van der Waals surface area contributed by atoms with E-state index in [0.717, 1.165) is 25.9 Å². The van der Waals surface area contributed by atoms with E-state index >= 15 is 0 Å². The fourth-order valence-electron chi connectivity index (χ4n) is 2.71. The van der Waals surface area contributed by atoms with Crippen molar-refractivity contribution >= 4 is 17.6 Å². The van der Waals surface area contributed by atoms with Crippen LogP contribution < -0.4 is 10.6 Å². The molecule has 0 unspecified atom stereocenters. The van der Waals surface area contributed by atoms with Crippen LogP contribution in [0.3, 0.4) is 0 Å². The molecule has 3 rings (SSSR count). The van der Waals surface area contributed by atoms with Gasteiger partial charge < -0.3 is 19.9 Å². The number of piperidine rings is 1. The van der Waals surface area contributed by atoms with Gasteiger partial charge in [-0.05, 0) is 62.3 Å². The van der Waals surface area contributed by atoms with Crippen LogP contribution in [0.15, 0.2) is 42.6 Å². The van der Waals surface area contributed by atoms with Gasteiger partial charge in [0.2, 0.25) is 0 Å². The van der Waals surface area contributed by atoms with Gasteiger partial charge in [-0.2, -0.15) is 0 Å².